The first-order chi connectivity index (χ1) is 16.1. The highest BCUT2D eigenvalue weighted by Gasteiger charge is 2.35. The van der Waals surface area contributed by atoms with E-state index < -0.39 is 5.41 Å². The molecule has 6 rings (SSSR count). The molecule has 166 valence electrons. The number of piperidine rings is 1. The maximum Gasteiger partial charge on any atom is 0.161 e. The molecule has 3 heterocycles. The molecule has 0 N–H and O–H groups in total. The van der Waals surface area contributed by atoms with Gasteiger partial charge in [0.25, 0.3) is 0 Å². The fraction of sp³-hybridized carbons (Fsp3) is 0.385. The molecule has 2 aliphatic rings. The monoisotopic (exact) mass is 438 g/mol. The van der Waals surface area contributed by atoms with Crippen molar-refractivity contribution in [2.24, 2.45) is 5.41 Å². The first-order valence-corrected chi connectivity index (χ1v) is 11.6. The van der Waals surface area contributed by atoms with Gasteiger partial charge in [-0.05, 0) is 74.8 Å². The molecule has 0 bridgehead atoms. The van der Waals surface area contributed by atoms with Gasteiger partial charge in [0.2, 0.25) is 0 Å². The number of aromatic nitrogens is 4. The minimum absolute atomic E-state index is 0.387. The quantitative estimate of drug-likeness (QED) is 0.459. The van der Waals surface area contributed by atoms with Crippen LogP contribution in [0.1, 0.15) is 25.7 Å². The van der Waals surface area contributed by atoms with Gasteiger partial charge in [0.15, 0.2) is 5.65 Å². The predicted molar refractivity (Wildman–Crippen MR) is 127 cm³/mol. The first-order valence-electron chi connectivity index (χ1n) is 11.6. The summed E-state index contributed by atoms with van der Waals surface area (Å²) in [5.41, 5.74) is 2.23. The summed E-state index contributed by atoms with van der Waals surface area (Å²) in [6.45, 7) is 2.39. The first kappa shape index (κ1) is 20.1. The molecule has 1 saturated heterocycles. The summed E-state index contributed by atoms with van der Waals surface area (Å²) in [7, 11) is 2.11. The highest BCUT2D eigenvalue weighted by molar-refractivity contribution is 5.95. The van der Waals surface area contributed by atoms with Crippen LogP contribution in [0.15, 0.2) is 48.9 Å². The Labute approximate surface area is 192 Å². The van der Waals surface area contributed by atoms with Crippen molar-refractivity contribution < 1.29 is 4.74 Å². The van der Waals surface area contributed by atoms with Crippen LogP contribution in [0, 0.1) is 16.7 Å². The van der Waals surface area contributed by atoms with E-state index >= 15 is 0 Å². The molecule has 0 amide bonds. The van der Waals surface area contributed by atoms with Crippen molar-refractivity contribution >= 4 is 21.8 Å². The molecule has 2 aromatic heterocycles. The number of hydrogen-bond donors (Lipinski definition) is 0. The fourth-order valence-corrected chi connectivity index (χ4v) is 4.70. The van der Waals surface area contributed by atoms with Gasteiger partial charge in [-0.15, -0.1) is 0 Å². The summed E-state index contributed by atoms with van der Waals surface area (Å²) in [6.07, 6.45) is 7.74. The number of benzene rings is 2. The number of ether oxygens (including phenoxy) is 1. The van der Waals surface area contributed by atoms with Gasteiger partial charge in [0.1, 0.15) is 17.8 Å². The molecule has 0 unspecified atom stereocenters. The van der Waals surface area contributed by atoms with Crippen molar-refractivity contribution in [3.8, 4) is 23.1 Å². The zero-order chi connectivity index (χ0) is 22.4. The largest absolute Gasteiger partial charge is 0.490 e. The molecule has 7 heteroatoms. The van der Waals surface area contributed by atoms with E-state index in [4.69, 9.17) is 9.84 Å². The van der Waals surface area contributed by atoms with Gasteiger partial charge < -0.3 is 9.64 Å². The van der Waals surface area contributed by atoms with Gasteiger partial charge in [-0.2, -0.15) is 10.4 Å². The van der Waals surface area contributed by atoms with Gasteiger partial charge >= 0.3 is 0 Å². The van der Waals surface area contributed by atoms with E-state index in [9.17, 15) is 5.26 Å². The van der Waals surface area contributed by atoms with E-state index in [0.717, 1.165) is 77.6 Å². The Balaban J connectivity index is 1.38. The summed E-state index contributed by atoms with van der Waals surface area (Å²) in [6, 6.07) is 15.2. The topological polar surface area (TPSA) is 79.9 Å². The molecule has 1 aliphatic carbocycles. The Kier molecular flexibility index (Phi) is 4.77. The minimum atomic E-state index is -0.422. The molecule has 4 aromatic rings. The van der Waals surface area contributed by atoms with Gasteiger partial charge in [0.05, 0.1) is 29.5 Å². The zero-order valence-electron chi connectivity index (χ0n) is 18.7. The van der Waals surface area contributed by atoms with Crippen LogP contribution < -0.4 is 4.74 Å². The molecule has 1 aliphatic heterocycles. The zero-order valence-corrected chi connectivity index (χ0v) is 18.7. The lowest BCUT2D eigenvalue weighted by Crippen LogP contribution is -2.39. The lowest BCUT2D eigenvalue weighted by molar-refractivity contribution is 0.150. The Morgan fingerprint density at radius 3 is 2.70 bits per heavy atom. The van der Waals surface area contributed by atoms with Crippen LogP contribution in [0.4, 0.5) is 0 Å². The lowest BCUT2D eigenvalue weighted by atomic mass is 9.80. The van der Waals surface area contributed by atoms with E-state index in [1.165, 1.54) is 0 Å². The van der Waals surface area contributed by atoms with Crippen LogP contribution in [0.3, 0.4) is 0 Å². The van der Waals surface area contributed by atoms with E-state index in [1.807, 2.05) is 16.9 Å². The molecular formula is C26H26N6O. The van der Waals surface area contributed by atoms with E-state index in [0.29, 0.717) is 12.6 Å². The lowest BCUT2D eigenvalue weighted by Gasteiger charge is -2.35. The van der Waals surface area contributed by atoms with Gasteiger partial charge in [-0.25, -0.2) is 14.6 Å². The Hall–Kier alpha value is -3.50. The number of fused-ring (bicyclic) bond motifs is 2. The maximum atomic E-state index is 10.0. The number of nitriles is 1. The Morgan fingerprint density at radius 2 is 1.91 bits per heavy atom. The van der Waals surface area contributed by atoms with Crippen molar-refractivity contribution in [2.75, 3.05) is 20.1 Å². The van der Waals surface area contributed by atoms with E-state index in [-0.39, 0.29) is 0 Å². The van der Waals surface area contributed by atoms with Crippen LogP contribution in [-0.2, 0) is 6.54 Å². The molecule has 0 atom stereocenters. The average molecular weight is 439 g/mol. The molecule has 2 fully saturated rings. The second-order valence-electron chi connectivity index (χ2n) is 9.50. The number of nitrogens with zero attached hydrogens (tertiary/aromatic N) is 6. The second-order valence-corrected chi connectivity index (χ2v) is 9.50. The van der Waals surface area contributed by atoms with Crippen LogP contribution >= 0.6 is 0 Å². The fourth-order valence-electron chi connectivity index (χ4n) is 4.70. The molecule has 1 saturated carbocycles. The summed E-state index contributed by atoms with van der Waals surface area (Å²) >= 11 is 0. The van der Waals surface area contributed by atoms with Crippen molar-refractivity contribution in [3.05, 3.63) is 48.9 Å². The molecular weight excluding hydrogens is 412 g/mol. The molecule has 33 heavy (non-hydrogen) atoms. The number of rotatable bonds is 5. The van der Waals surface area contributed by atoms with Crippen LogP contribution in [0.25, 0.3) is 33.1 Å². The number of hydrogen-bond acceptors (Lipinski definition) is 6. The predicted octanol–water partition coefficient (Wildman–Crippen LogP) is 4.42. The highest BCUT2D eigenvalue weighted by Crippen LogP contribution is 2.36. The van der Waals surface area contributed by atoms with Gasteiger partial charge in [-0.3, -0.25) is 0 Å². The third-order valence-corrected chi connectivity index (χ3v) is 6.96. The van der Waals surface area contributed by atoms with Crippen LogP contribution in [-0.4, -0.2) is 50.9 Å². The molecule has 0 spiro atoms. The van der Waals surface area contributed by atoms with Crippen molar-refractivity contribution in [1.82, 2.24) is 24.6 Å². The second kappa shape index (κ2) is 7.82. The van der Waals surface area contributed by atoms with Crippen molar-refractivity contribution in [3.63, 3.8) is 0 Å². The Bertz CT molecular complexity index is 1370. The highest BCUT2D eigenvalue weighted by atomic mass is 16.5. The average Bonchev–Trinajstić information content (AvgIpc) is 3.60. The molecule has 0 radical (unpaired) electrons. The summed E-state index contributed by atoms with van der Waals surface area (Å²) < 4.78 is 7.86. The summed E-state index contributed by atoms with van der Waals surface area (Å²) in [5.74, 6) is 0.931. The molecule has 2 aromatic carbocycles. The Morgan fingerprint density at radius 1 is 1.12 bits per heavy atom. The van der Waals surface area contributed by atoms with Crippen LogP contribution in [0.5, 0.6) is 5.75 Å². The smallest absolute Gasteiger partial charge is 0.161 e. The standard InChI is InChI=1S/C26H26N6O/c1-31-10-8-26(15-27,9-11-31)16-32-25-23(14-28-17-29-25)24(30-32)20-3-2-19-13-22(33-21-6-7-21)5-4-18(19)12-20/h2-5,12-14,17,21H,6-11,16H2,1H3. The molecule has 7 nitrogen and oxygen atoms in total. The minimum Gasteiger partial charge on any atom is -0.490 e. The SMILES string of the molecule is CN1CCC(C#N)(Cn2nc(-c3ccc4cc(OC5CC5)ccc4c3)c3cncnc32)CC1. The van der Waals surface area contributed by atoms with E-state index in [1.54, 1.807) is 6.33 Å². The van der Waals surface area contributed by atoms with Gasteiger partial charge in [-0.1, -0.05) is 18.2 Å². The van der Waals surface area contributed by atoms with Crippen molar-refractivity contribution in [2.45, 2.75) is 38.3 Å². The normalized spacial score (nSPS) is 18.4. The summed E-state index contributed by atoms with van der Waals surface area (Å²) in [4.78, 5) is 11.1. The van der Waals surface area contributed by atoms with Crippen molar-refractivity contribution in [1.29, 1.82) is 5.26 Å². The third-order valence-electron chi connectivity index (χ3n) is 6.96. The maximum absolute atomic E-state index is 10.0. The third kappa shape index (κ3) is 3.81. The summed E-state index contributed by atoms with van der Waals surface area (Å²) in [5, 5.41) is 18.2. The number of likely N-dealkylation sites (tertiary alicyclic amines) is 1. The van der Waals surface area contributed by atoms with E-state index in [2.05, 4.69) is 58.3 Å². The van der Waals surface area contributed by atoms with Crippen LogP contribution in [0.2, 0.25) is 0 Å². The van der Waals surface area contributed by atoms with Gasteiger partial charge in [0, 0.05) is 11.8 Å².